The summed E-state index contributed by atoms with van der Waals surface area (Å²) >= 11 is 0. The van der Waals surface area contributed by atoms with Crippen molar-refractivity contribution in [2.45, 2.75) is 95.7 Å². The Hall–Kier alpha value is -3.11. The van der Waals surface area contributed by atoms with E-state index in [1.165, 1.54) is 4.90 Å². The van der Waals surface area contributed by atoms with Crippen LogP contribution in [0.25, 0.3) is 11.3 Å². The van der Waals surface area contributed by atoms with Crippen molar-refractivity contribution in [3.05, 3.63) is 41.6 Å². The molecule has 11 heteroatoms. The molecule has 1 aliphatic carbocycles. The molecule has 1 aliphatic heterocycles. The number of carbonyl (C=O) groups is 2. The highest BCUT2D eigenvalue weighted by Crippen LogP contribution is 2.42. The first-order valence-corrected chi connectivity index (χ1v) is 12.3. The van der Waals surface area contributed by atoms with E-state index in [4.69, 9.17) is 4.74 Å². The van der Waals surface area contributed by atoms with Crippen molar-refractivity contribution in [1.82, 2.24) is 19.9 Å². The van der Waals surface area contributed by atoms with E-state index in [2.05, 4.69) is 15.0 Å². The van der Waals surface area contributed by atoms with Gasteiger partial charge in [-0.3, -0.25) is 14.7 Å². The molecule has 2 fully saturated rings. The van der Waals surface area contributed by atoms with E-state index in [1.807, 2.05) is 0 Å². The number of aryl methyl sites for hydroxylation is 1. The van der Waals surface area contributed by atoms with Crippen molar-refractivity contribution in [3.63, 3.8) is 0 Å². The Bertz CT molecular complexity index is 1160. The predicted octanol–water partition coefficient (Wildman–Crippen LogP) is 5.67. The van der Waals surface area contributed by atoms with Gasteiger partial charge in [0.05, 0.1) is 17.8 Å². The summed E-state index contributed by atoms with van der Waals surface area (Å²) in [5.41, 5.74) is 1.76. The Kier molecular flexibility index (Phi) is 7.27. The van der Waals surface area contributed by atoms with Gasteiger partial charge in [0.2, 0.25) is 5.82 Å². The molecule has 0 unspecified atom stereocenters. The summed E-state index contributed by atoms with van der Waals surface area (Å²) in [7, 11) is 0. The number of aromatic nitrogens is 3. The first kappa shape index (κ1) is 26.9. The number of alkyl halides is 4. The molecule has 7 nitrogen and oxygen atoms in total. The highest BCUT2D eigenvalue weighted by Gasteiger charge is 2.46. The van der Waals surface area contributed by atoms with Crippen molar-refractivity contribution < 1.29 is 31.9 Å². The minimum absolute atomic E-state index is 0.0656. The lowest BCUT2D eigenvalue weighted by Gasteiger charge is -2.30. The average Bonchev–Trinajstić information content (AvgIpc) is 3.61. The SMILES string of the molecule is C[C@H]1[C@H](F)C[C@@H](C(=O)CCc2cc(-c3cnc(C(F)(F)F)nc3)ncc2C2CC2)N1C(=O)OC(C)(C)C. The molecule has 4 rings (SSSR count). The summed E-state index contributed by atoms with van der Waals surface area (Å²) in [6.07, 6.45) is -0.581. The van der Waals surface area contributed by atoms with Gasteiger partial charge in [0.25, 0.3) is 0 Å². The Morgan fingerprint density at radius 1 is 1.08 bits per heavy atom. The van der Waals surface area contributed by atoms with Gasteiger partial charge in [-0.25, -0.2) is 19.2 Å². The van der Waals surface area contributed by atoms with Gasteiger partial charge < -0.3 is 4.74 Å². The maximum atomic E-state index is 14.6. The lowest BCUT2D eigenvalue weighted by molar-refractivity contribution is -0.145. The van der Waals surface area contributed by atoms with Gasteiger partial charge in [-0.2, -0.15) is 13.2 Å². The number of ether oxygens (including phenoxy) is 1. The Labute approximate surface area is 212 Å². The molecule has 2 aromatic rings. The summed E-state index contributed by atoms with van der Waals surface area (Å²) in [5, 5.41) is 0. The molecule has 0 bridgehead atoms. The van der Waals surface area contributed by atoms with Crippen LogP contribution in [0.1, 0.15) is 76.2 Å². The molecule has 2 aliphatic rings. The number of likely N-dealkylation sites (tertiary alicyclic amines) is 1. The fourth-order valence-electron chi connectivity index (χ4n) is 4.55. The van der Waals surface area contributed by atoms with E-state index in [1.54, 1.807) is 40.0 Å². The number of hydrogen-bond acceptors (Lipinski definition) is 6. The fraction of sp³-hybridized carbons (Fsp3) is 0.577. The first-order chi connectivity index (χ1) is 17.2. The van der Waals surface area contributed by atoms with E-state index < -0.39 is 42.0 Å². The third-order valence-electron chi connectivity index (χ3n) is 6.61. The molecule has 0 spiro atoms. The molecule has 1 saturated heterocycles. The van der Waals surface area contributed by atoms with Crippen molar-refractivity contribution in [1.29, 1.82) is 0 Å². The quantitative estimate of drug-likeness (QED) is 0.455. The number of rotatable bonds is 6. The zero-order chi connectivity index (χ0) is 27.1. The molecule has 3 atom stereocenters. The summed E-state index contributed by atoms with van der Waals surface area (Å²) in [6.45, 7) is 6.68. The number of pyridine rings is 1. The van der Waals surface area contributed by atoms with Crippen LogP contribution in [0.15, 0.2) is 24.7 Å². The molecule has 37 heavy (non-hydrogen) atoms. The van der Waals surface area contributed by atoms with Crippen LogP contribution in [0.5, 0.6) is 0 Å². The Morgan fingerprint density at radius 3 is 2.30 bits per heavy atom. The number of ketones is 1. The molecule has 0 aromatic carbocycles. The topological polar surface area (TPSA) is 85.3 Å². The zero-order valence-electron chi connectivity index (χ0n) is 21.2. The molecule has 1 saturated carbocycles. The van der Waals surface area contributed by atoms with Gasteiger partial charge >= 0.3 is 12.3 Å². The fourth-order valence-corrected chi connectivity index (χ4v) is 4.55. The Morgan fingerprint density at radius 2 is 1.73 bits per heavy atom. The normalized spacial score (nSPS) is 22.3. The van der Waals surface area contributed by atoms with Gasteiger partial charge in [0, 0.05) is 37.0 Å². The highest BCUT2D eigenvalue weighted by atomic mass is 19.4. The number of Topliss-reactive ketones (excluding diaryl/α,β-unsaturated/α-hetero) is 1. The van der Waals surface area contributed by atoms with E-state index in [0.717, 1.165) is 36.4 Å². The minimum Gasteiger partial charge on any atom is -0.444 e. The van der Waals surface area contributed by atoms with Gasteiger partial charge in [-0.05, 0) is 70.1 Å². The van der Waals surface area contributed by atoms with E-state index in [9.17, 15) is 27.2 Å². The minimum atomic E-state index is -4.64. The summed E-state index contributed by atoms with van der Waals surface area (Å²) in [5.74, 6) is -1.19. The van der Waals surface area contributed by atoms with Crippen molar-refractivity contribution in [2.24, 2.45) is 0 Å². The Balaban J connectivity index is 1.52. The van der Waals surface area contributed by atoms with Crippen LogP contribution in [0.4, 0.5) is 22.4 Å². The molecular formula is C26H30F4N4O3. The maximum Gasteiger partial charge on any atom is 0.451 e. The smallest absolute Gasteiger partial charge is 0.444 e. The number of amides is 1. The lowest BCUT2D eigenvalue weighted by Crippen LogP contribution is -2.47. The second-order valence-corrected chi connectivity index (χ2v) is 10.7. The van der Waals surface area contributed by atoms with E-state index >= 15 is 0 Å². The van der Waals surface area contributed by atoms with Gasteiger partial charge in [-0.15, -0.1) is 0 Å². The van der Waals surface area contributed by atoms with Crippen molar-refractivity contribution in [2.75, 3.05) is 0 Å². The maximum absolute atomic E-state index is 14.6. The molecule has 200 valence electrons. The van der Waals surface area contributed by atoms with Crippen LogP contribution in [-0.2, 0) is 22.1 Å². The monoisotopic (exact) mass is 522 g/mol. The van der Waals surface area contributed by atoms with E-state index in [-0.39, 0.29) is 18.6 Å². The molecule has 1 amide bonds. The second kappa shape index (κ2) is 9.98. The molecule has 3 heterocycles. The number of halogens is 4. The van der Waals surface area contributed by atoms with Crippen LogP contribution in [0, 0.1) is 0 Å². The zero-order valence-corrected chi connectivity index (χ0v) is 21.2. The second-order valence-electron chi connectivity index (χ2n) is 10.7. The van der Waals surface area contributed by atoms with Gasteiger partial charge in [0.15, 0.2) is 5.78 Å². The van der Waals surface area contributed by atoms with Crippen molar-refractivity contribution in [3.8, 4) is 11.3 Å². The standard InChI is InChI=1S/C26H30F4N4O3/c1-14-19(27)10-21(34(14)24(36)37-25(2,3)4)22(35)8-7-16-9-20(31-13-18(16)15-5-6-15)17-11-32-23(33-12-17)26(28,29)30/h9,11-15,19,21H,5-8,10H2,1-4H3/t14-,19+,21-/m0/s1. The number of hydrogen-bond donors (Lipinski definition) is 0. The number of nitrogens with zero attached hydrogens (tertiary/aromatic N) is 4. The van der Waals surface area contributed by atoms with Gasteiger partial charge in [0.1, 0.15) is 11.8 Å². The van der Waals surface area contributed by atoms with E-state index in [0.29, 0.717) is 23.6 Å². The summed E-state index contributed by atoms with van der Waals surface area (Å²) in [6, 6.07) is 0.0418. The third-order valence-corrected chi connectivity index (χ3v) is 6.61. The van der Waals surface area contributed by atoms with Crippen LogP contribution >= 0.6 is 0 Å². The van der Waals surface area contributed by atoms with Gasteiger partial charge in [-0.1, -0.05) is 0 Å². The number of carbonyl (C=O) groups excluding carboxylic acids is 2. The van der Waals surface area contributed by atoms with Crippen LogP contribution in [-0.4, -0.2) is 55.6 Å². The third kappa shape index (κ3) is 6.24. The average molecular weight is 523 g/mol. The molecule has 0 N–H and O–H groups in total. The predicted molar refractivity (Wildman–Crippen MR) is 126 cm³/mol. The van der Waals surface area contributed by atoms with Crippen LogP contribution in [0.3, 0.4) is 0 Å². The summed E-state index contributed by atoms with van der Waals surface area (Å²) in [4.78, 5) is 38.4. The lowest BCUT2D eigenvalue weighted by atomic mass is 9.96. The van der Waals surface area contributed by atoms with Crippen molar-refractivity contribution >= 4 is 11.9 Å². The molecule has 2 aromatic heterocycles. The van der Waals surface area contributed by atoms with Crippen LogP contribution in [0.2, 0.25) is 0 Å². The first-order valence-electron chi connectivity index (χ1n) is 12.3. The highest BCUT2D eigenvalue weighted by molar-refractivity contribution is 5.88. The summed E-state index contributed by atoms with van der Waals surface area (Å²) < 4.78 is 58.4. The van der Waals surface area contributed by atoms with Crippen LogP contribution < -0.4 is 0 Å². The largest absolute Gasteiger partial charge is 0.451 e. The molecular weight excluding hydrogens is 492 g/mol. The molecule has 0 radical (unpaired) electrons.